The molecule has 4 rings (SSSR count). The number of aromatic amines is 1. The maximum Gasteiger partial charge on any atom is 0.240 e. The van der Waals surface area contributed by atoms with Crippen molar-refractivity contribution in [2.24, 2.45) is 0 Å². The van der Waals surface area contributed by atoms with Gasteiger partial charge < -0.3 is 4.98 Å². The molecule has 0 spiro atoms. The van der Waals surface area contributed by atoms with Crippen LogP contribution in [0.1, 0.15) is 11.4 Å². The van der Waals surface area contributed by atoms with Crippen LogP contribution in [0.15, 0.2) is 70.0 Å². The lowest BCUT2D eigenvalue weighted by molar-refractivity contribution is 0.588. The SMILES string of the molecule is CNS(=O)(=O)c1ccccc1-c1ccc2[nH]c(/C=C/c3ccc(F)c(Br)c3)nc2c1. The Morgan fingerprint density at radius 3 is 2.63 bits per heavy atom. The van der Waals surface area contributed by atoms with E-state index in [2.05, 4.69) is 30.6 Å². The van der Waals surface area contributed by atoms with Crippen molar-refractivity contribution in [1.29, 1.82) is 0 Å². The molecule has 0 aliphatic carbocycles. The van der Waals surface area contributed by atoms with Crippen molar-refractivity contribution in [3.8, 4) is 11.1 Å². The summed E-state index contributed by atoms with van der Waals surface area (Å²) >= 11 is 3.18. The van der Waals surface area contributed by atoms with E-state index in [-0.39, 0.29) is 10.7 Å². The molecule has 4 aromatic rings. The lowest BCUT2D eigenvalue weighted by Gasteiger charge is -2.09. The van der Waals surface area contributed by atoms with Crippen LogP contribution in [-0.2, 0) is 10.0 Å². The average molecular weight is 486 g/mol. The summed E-state index contributed by atoms with van der Waals surface area (Å²) in [5, 5.41) is 0. The van der Waals surface area contributed by atoms with E-state index >= 15 is 0 Å². The van der Waals surface area contributed by atoms with Crippen LogP contribution in [0.4, 0.5) is 4.39 Å². The molecule has 8 heteroatoms. The van der Waals surface area contributed by atoms with Gasteiger partial charge in [-0.2, -0.15) is 0 Å². The second-order valence-electron chi connectivity index (χ2n) is 6.56. The number of hydrogen-bond acceptors (Lipinski definition) is 3. The molecule has 1 heterocycles. The van der Waals surface area contributed by atoms with Crippen LogP contribution >= 0.6 is 15.9 Å². The highest BCUT2D eigenvalue weighted by atomic mass is 79.9. The van der Waals surface area contributed by atoms with Gasteiger partial charge in [-0.25, -0.2) is 22.5 Å². The molecule has 0 aliphatic rings. The standard InChI is InChI=1S/C22H17BrFN3O2S/c1-25-30(28,29)21-5-3-2-4-16(21)15-8-10-19-20(13-15)27-22(26-19)11-7-14-6-9-18(24)17(23)12-14/h2-13,25H,1H3,(H,26,27)/b11-7+. The third kappa shape index (κ3) is 4.07. The van der Waals surface area contributed by atoms with E-state index in [9.17, 15) is 12.8 Å². The van der Waals surface area contributed by atoms with E-state index in [0.717, 1.165) is 16.6 Å². The lowest BCUT2D eigenvalue weighted by Crippen LogP contribution is -2.19. The first-order chi connectivity index (χ1) is 14.4. The molecule has 0 saturated heterocycles. The normalized spacial score (nSPS) is 12.1. The summed E-state index contributed by atoms with van der Waals surface area (Å²) in [5.41, 5.74) is 3.72. The van der Waals surface area contributed by atoms with Crippen molar-refractivity contribution in [3.63, 3.8) is 0 Å². The van der Waals surface area contributed by atoms with Gasteiger partial charge in [-0.1, -0.05) is 36.4 Å². The molecule has 0 unspecified atom stereocenters. The molecule has 0 atom stereocenters. The third-order valence-corrected chi connectivity index (χ3v) is 6.72. The Kier molecular flexibility index (Phi) is 5.55. The number of nitrogens with one attached hydrogen (secondary N) is 2. The Hall–Kier alpha value is -2.81. The predicted molar refractivity (Wildman–Crippen MR) is 121 cm³/mol. The van der Waals surface area contributed by atoms with E-state index in [1.807, 2.05) is 24.3 Å². The van der Waals surface area contributed by atoms with E-state index in [1.54, 1.807) is 42.5 Å². The van der Waals surface area contributed by atoms with E-state index in [1.165, 1.54) is 13.1 Å². The van der Waals surface area contributed by atoms with Gasteiger partial charge >= 0.3 is 0 Å². The predicted octanol–water partition coefficient (Wildman–Crippen LogP) is 5.21. The number of nitrogens with zero attached hydrogens (tertiary/aromatic N) is 1. The first-order valence-corrected chi connectivity index (χ1v) is 11.3. The molecular weight excluding hydrogens is 469 g/mol. The summed E-state index contributed by atoms with van der Waals surface area (Å²) in [4.78, 5) is 8.00. The maximum absolute atomic E-state index is 13.4. The van der Waals surface area contributed by atoms with Crippen LogP contribution in [0, 0.1) is 5.82 Å². The Morgan fingerprint density at radius 2 is 1.87 bits per heavy atom. The quantitative estimate of drug-likeness (QED) is 0.407. The number of sulfonamides is 1. The number of halogens is 2. The van der Waals surface area contributed by atoms with Crippen molar-refractivity contribution in [2.75, 3.05) is 7.05 Å². The van der Waals surface area contributed by atoms with Gasteiger partial charge in [0.05, 0.1) is 20.4 Å². The number of aromatic nitrogens is 2. The minimum Gasteiger partial charge on any atom is -0.338 e. The van der Waals surface area contributed by atoms with Crippen LogP contribution < -0.4 is 4.72 Å². The summed E-state index contributed by atoms with van der Waals surface area (Å²) in [6.07, 6.45) is 3.64. The zero-order chi connectivity index (χ0) is 21.3. The fourth-order valence-corrected chi connectivity index (χ4v) is 4.46. The van der Waals surface area contributed by atoms with Gasteiger partial charge in [0.25, 0.3) is 0 Å². The number of fused-ring (bicyclic) bond motifs is 1. The zero-order valence-corrected chi connectivity index (χ0v) is 18.3. The van der Waals surface area contributed by atoms with Crippen molar-refractivity contribution < 1.29 is 12.8 Å². The molecular formula is C22H17BrFN3O2S. The number of benzene rings is 3. The molecule has 3 aromatic carbocycles. The van der Waals surface area contributed by atoms with E-state index in [0.29, 0.717) is 21.4 Å². The summed E-state index contributed by atoms with van der Waals surface area (Å²) in [5.74, 6) is 0.322. The van der Waals surface area contributed by atoms with Crippen LogP contribution in [0.3, 0.4) is 0 Å². The molecule has 2 N–H and O–H groups in total. The second kappa shape index (κ2) is 8.14. The largest absolute Gasteiger partial charge is 0.338 e. The monoisotopic (exact) mass is 485 g/mol. The first-order valence-electron chi connectivity index (χ1n) is 9.03. The molecule has 0 radical (unpaired) electrons. The molecule has 0 fully saturated rings. The second-order valence-corrected chi connectivity index (χ2v) is 9.27. The molecule has 0 aliphatic heterocycles. The summed E-state index contributed by atoms with van der Waals surface area (Å²) in [6, 6.07) is 17.2. The van der Waals surface area contributed by atoms with Crippen molar-refractivity contribution in [2.45, 2.75) is 4.90 Å². The average Bonchev–Trinajstić information content (AvgIpc) is 3.16. The zero-order valence-electron chi connectivity index (χ0n) is 15.9. The van der Waals surface area contributed by atoms with Gasteiger partial charge in [0, 0.05) is 5.56 Å². The molecule has 152 valence electrons. The Labute approximate surface area is 181 Å². The molecule has 0 amide bonds. The molecule has 30 heavy (non-hydrogen) atoms. The fraction of sp³-hybridized carbons (Fsp3) is 0.0455. The lowest BCUT2D eigenvalue weighted by atomic mass is 10.1. The van der Waals surface area contributed by atoms with Gasteiger partial charge in [-0.3, -0.25) is 0 Å². The van der Waals surface area contributed by atoms with Crippen LogP contribution in [0.25, 0.3) is 34.3 Å². The topological polar surface area (TPSA) is 74.8 Å². The highest BCUT2D eigenvalue weighted by Crippen LogP contribution is 2.29. The van der Waals surface area contributed by atoms with Crippen LogP contribution in [0.2, 0.25) is 0 Å². The van der Waals surface area contributed by atoms with Crippen LogP contribution in [-0.4, -0.2) is 25.4 Å². The fourth-order valence-electron chi connectivity index (χ4n) is 3.11. The molecule has 1 aromatic heterocycles. The molecule has 0 bridgehead atoms. The number of rotatable bonds is 5. The van der Waals surface area contributed by atoms with Crippen molar-refractivity contribution >= 4 is 49.1 Å². The third-order valence-electron chi connectivity index (χ3n) is 4.63. The summed E-state index contributed by atoms with van der Waals surface area (Å²) in [7, 11) is -2.20. The number of H-pyrrole nitrogens is 1. The van der Waals surface area contributed by atoms with Gasteiger partial charge in [-0.05, 0) is 70.5 Å². The highest BCUT2D eigenvalue weighted by Gasteiger charge is 2.17. The van der Waals surface area contributed by atoms with Gasteiger partial charge in [-0.15, -0.1) is 0 Å². The first kappa shape index (κ1) is 20.5. The molecule has 0 saturated carbocycles. The van der Waals surface area contributed by atoms with E-state index in [4.69, 9.17) is 0 Å². The van der Waals surface area contributed by atoms with Gasteiger partial charge in [0.1, 0.15) is 11.6 Å². The smallest absolute Gasteiger partial charge is 0.240 e. The highest BCUT2D eigenvalue weighted by molar-refractivity contribution is 9.10. The Balaban J connectivity index is 1.70. The molecule has 5 nitrogen and oxygen atoms in total. The maximum atomic E-state index is 13.4. The summed E-state index contributed by atoms with van der Waals surface area (Å²) < 4.78 is 40.9. The van der Waals surface area contributed by atoms with Crippen molar-refractivity contribution in [3.05, 3.63) is 82.3 Å². The minimum atomic E-state index is -3.59. The number of hydrogen-bond donors (Lipinski definition) is 2. The van der Waals surface area contributed by atoms with Gasteiger partial charge in [0.15, 0.2) is 0 Å². The Bertz CT molecular complexity index is 1380. The van der Waals surface area contributed by atoms with Gasteiger partial charge in [0.2, 0.25) is 10.0 Å². The van der Waals surface area contributed by atoms with E-state index < -0.39 is 10.0 Å². The summed E-state index contributed by atoms with van der Waals surface area (Å²) in [6.45, 7) is 0. The number of imidazole rings is 1. The van der Waals surface area contributed by atoms with Crippen molar-refractivity contribution in [1.82, 2.24) is 14.7 Å². The minimum absolute atomic E-state index is 0.212. The Morgan fingerprint density at radius 1 is 1.07 bits per heavy atom. The van der Waals surface area contributed by atoms with Crippen LogP contribution in [0.5, 0.6) is 0 Å².